The second-order valence-corrected chi connectivity index (χ2v) is 3.88. The second-order valence-electron chi connectivity index (χ2n) is 3.88. The average molecular weight is 224 g/mol. The molecule has 0 saturated heterocycles. The zero-order valence-electron chi connectivity index (χ0n) is 9.80. The molecule has 0 heterocycles. The van der Waals surface area contributed by atoms with E-state index in [9.17, 15) is 10.0 Å². The Morgan fingerprint density at radius 3 is 2.50 bits per heavy atom. The molecule has 1 aromatic carbocycles. The van der Waals surface area contributed by atoms with Gasteiger partial charge in [-0.1, -0.05) is 26.0 Å². The standard InChI is InChI=1S/C11H17BO4/c1-8(2)9-4-5-11(16-7-15-3)10(6-9)12(13)14/h4-6,8,13-14H,7H2,1-3H3. The van der Waals surface area contributed by atoms with Gasteiger partial charge in [0.25, 0.3) is 0 Å². The topological polar surface area (TPSA) is 58.9 Å². The van der Waals surface area contributed by atoms with E-state index in [2.05, 4.69) is 0 Å². The smallest absolute Gasteiger partial charge is 0.468 e. The van der Waals surface area contributed by atoms with Gasteiger partial charge in [-0.05, 0) is 17.5 Å². The molecule has 0 aliphatic heterocycles. The molecule has 0 saturated carbocycles. The van der Waals surface area contributed by atoms with Crippen molar-refractivity contribution in [3.05, 3.63) is 23.8 Å². The van der Waals surface area contributed by atoms with Crippen LogP contribution in [0.25, 0.3) is 0 Å². The first-order valence-electron chi connectivity index (χ1n) is 5.18. The van der Waals surface area contributed by atoms with Crippen molar-refractivity contribution in [2.24, 2.45) is 0 Å². The van der Waals surface area contributed by atoms with Gasteiger partial charge < -0.3 is 19.5 Å². The molecule has 0 unspecified atom stereocenters. The first-order chi connectivity index (χ1) is 7.56. The maximum Gasteiger partial charge on any atom is 0.492 e. The predicted octanol–water partition coefficient (Wildman–Crippen LogP) is 0.472. The number of ether oxygens (including phenoxy) is 2. The summed E-state index contributed by atoms with van der Waals surface area (Å²) in [4.78, 5) is 0. The van der Waals surface area contributed by atoms with Crippen LogP contribution in [0.2, 0.25) is 0 Å². The molecule has 2 N–H and O–H groups in total. The normalized spacial score (nSPS) is 10.6. The number of rotatable bonds is 5. The molecule has 0 aliphatic rings. The molecule has 0 aromatic heterocycles. The van der Waals surface area contributed by atoms with Crippen LogP contribution < -0.4 is 10.2 Å². The minimum absolute atomic E-state index is 0.0841. The van der Waals surface area contributed by atoms with Crippen molar-refractivity contribution >= 4 is 12.6 Å². The zero-order chi connectivity index (χ0) is 12.1. The summed E-state index contributed by atoms with van der Waals surface area (Å²) in [7, 11) is -0.0251. The number of hydrogen-bond acceptors (Lipinski definition) is 4. The maximum atomic E-state index is 9.24. The molecule has 0 atom stereocenters. The Balaban J connectivity index is 2.99. The highest BCUT2D eigenvalue weighted by Gasteiger charge is 2.18. The fourth-order valence-electron chi connectivity index (χ4n) is 1.38. The van der Waals surface area contributed by atoms with Crippen molar-refractivity contribution < 1.29 is 19.5 Å². The van der Waals surface area contributed by atoms with Gasteiger partial charge in [0.15, 0.2) is 6.79 Å². The zero-order valence-corrected chi connectivity index (χ0v) is 9.80. The second kappa shape index (κ2) is 5.89. The van der Waals surface area contributed by atoms with Crippen molar-refractivity contribution in [1.29, 1.82) is 0 Å². The van der Waals surface area contributed by atoms with Crippen molar-refractivity contribution in [2.45, 2.75) is 19.8 Å². The first kappa shape index (κ1) is 13.0. The minimum atomic E-state index is -1.54. The van der Waals surface area contributed by atoms with Crippen LogP contribution in [0.4, 0.5) is 0 Å². The first-order valence-corrected chi connectivity index (χ1v) is 5.18. The van der Waals surface area contributed by atoms with Crippen molar-refractivity contribution in [2.75, 3.05) is 13.9 Å². The molecule has 88 valence electrons. The van der Waals surface area contributed by atoms with Crippen LogP contribution >= 0.6 is 0 Å². The Bertz CT molecular complexity index is 339. The third kappa shape index (κ3) is 3.23. The van der Waals surface area contributed by atoms with Gasteiger partial charge >= 0.3 is 7.12 Å². The maximum absolute atomic E-state index is 9.24. The number of hydrogen-bond donors (Lipinski definition) is 2. The van der Waals surface area contributed by atoms with Gasteiger partial charge in [-0.15, -0.1) is 0 Å². The van der Waals surface area contributed by atoms with Gasteiger partial charge in [0, 0.05) is 12.6 Å². The molecular weight excluding hydrogens is 207 g/mol. The van der Waals surface area contributed by atoms with E-state index in [0.717, 1.165) is 5.56 Å². The van der Waals surface area contributed by atoms with Crippen LogP contribution in [0.5, 0.6) is 5.75 Å². The Labute approximate surface area is 96.0 Å². The summed E-state index contributed by atoms with van der Waals surface area (Å²) < 4.78 is 10.0. The van der Waals surface area contributed by atoms with Gasteiger partial charge in [0.2, 0.25) is 0 Å². The molecule has 0 spiro atoms. The van der Waals surface area contributed by atoms with E-state index < -0.39 is 7.12 Å². The lowest BCUT2D eigenvalue weighted by Gasteiger charge is -2.13. The van der Waals surface area contributed by atoms with Crippen molar-refractivity contribution in [1.82, 2.24) is 0 Å². The molecule has 16 heavy (non-hydrogen) atoms. The Hall–Kier alpha value is -1.04. The Morgan fingerprint density at radius 1 is 1.31 bits per heavy atom. The van der Waals surface area contributed by atoms with Gasteiger partial charge in [-0.3, -0.25) is 0 Å². The minimum Gasteiger partial charge on any atom is -0.468 e. The summed E-state index contributed by atoms with van der Waals surface area (Å²) in [5, 5.41) is 18.5. The monoisotopic (exact) mass is 224 g/mol. The lowest BCUT2D eigenvalue weighted by molar-refractivity contribution is 0.0517. The van der Waals surface area contributed by atoms with Crippen LogP contribution in [0.15, 0.2) is 18.2 Å². The van der Waals surface area contributed by atoms with E-state index >= 15 is 0 Å². The summed E-state index contributed by atoms with van der Waals surface area (Å²) >= 11 is 0. The average Bonchev–Trinajstić information content (AvgIpc) is 2.25. The van der Waals surface area contributed by atoms with Gasteiger partial charge in [0.05, 0.1) is 0 Å². The van der Waals surface area contributed by atoms with E-state index in [-0.39, 0.29) is 6.79 Å². The quantitative estimate of drug-likeness (QED) is 0.563. The summed E-state index contributed by atoms with van der Waals surface area (Å²) in [6, 6.07) is 5.37. The summed E-state index contributed by atoms with van der Waals surface area (Å²) in [5.74, 6) is 0.759. The summed E-state index contributed by atoms with van der Waals surface area (Å²) in [5.41, 5.74) is 1.40. The fraction of sp³-hybridized carbons (Fsp3) is 0.455. The highest BCUT2D eigenvalue weighted by Crippen LogP contribution is 2.17. The summed E-state index contributed by atoms with van der Waals surface area (Å²) in [6.07, 6.45) is 0. The van der Waals surface area contributed by atoms with E-state index in [1.54, 1.807) is 12.1 Å². The predicted molar refractivity (Wildman–Crippen MR) is 62.9 cm³/mol. The third-order valence-corrected chi connectivity index (χ3v) is 2.31. The van der Waals surface area contributed by atoms with Gasteiger partial charge in [-0.2, -0.15) is 0 Å². The molecule has 0 fully saturated rings. The lowest BCUT2D eigenvalue weighted by Crippen LogP contribution is -2.32. The molecule has 0 radical (unpaired) electrons. The molecular formula is C11H17BO4. The Kier molecular flexibility index (Phi) is 4.80. The van der Waals surface area contributed by atoms with Crippen LogP contribution in [0, 0.1) is 0 Å². The van der Waals surface area contributed by atoms with Crippen molar-refractivity contribution in [3.63, 3.8) is 0 Å². The van der Waals surface area contributed by atoms with E-state index in [4.69, 9.17) is 9.47 Å². The number of methoxy groups -OCH3 is 1. The highest BCUT2D eigenvalue weighted by atomic mass is 16.7. The van der Waals surface area contributed by atoms with Crippen LogP contribution in [0.1, 0.15) is 25.3 Å². The Morgan fingerprint density at radius 2 is 2.00 bits per heavy atom. The van der Waals surface area contributed by atoms with Crippen LogP contribution in [-0.4, -0.2) is 31.1 Å². The lowest BCUT2D eigenvalue weighted by atomic mass is 9.78. The van der Waals surface area contributed by atoms with Gasteiger partial charge in [0.1, 0.15) is 5.75 Å². The fourth-order valence-corrected chi connectivity index (χ4v) is 1.38. The molecule has 5 heteroatoms. The van der Waals surface area contributed by atoms with Crippen LogP contribution in [-0.2, 0) is 4.74 Å². The SMILES string of the molecule is COCOc1ccc(C(C)C)cc1B(O)O. The third-order valence-electron chi connectivity index (χ3n) is 2.31. The van der Waals surface area contributed by atoms with E-state index in [1.807, 2.05) is 19.9 Å². The molecule has 0 bridgehead atoms. The number of benzene rings is 1. The molecule has 4 nitrogen and oxygen atoms in total. The van der Waals surface area contributed by atoms with E-state index in [1.165, 1.54) is 7.11 Å². The molecule has 0 amide bonds. The molecule has 1 rings (SSSR count). The van der Waals surface area contributed by atoms with Gasteiger partial charge in [-0.25, -0.2) is 0 Å². The van der Waals surface area contributed by atoms with Crippen molar-refractivity contribution in [3.8, 4) is 5.75 Å². The molecule has 1 aromatic rings. The largest absolute Gasteiger partial charge is 0.492 e. The molecule has 0 aliphatic carbocycles. The summed E-state index contributed by atoms with van der Waals surface area (Å²) in [6.45, 7) is 4.16. The highest BCUT2D eigenvalue weighted by molar-refractivity contribution is 6.59. The van der Waals surface area contributed by atoms with E-state index in [0.29, 0.717) is 17.1 Å². The van der Waals surface area contributed by atoms with Crippen LogP contribution in [0.3, 0.4) is 0 Å².